The van der Waals surface area contributed by atoms with Crippen LogP contribution < -0.4 is 5.73 Å². The number of nitrogens with two attached hydrogens (primary N) is 1. The molecule has 0 unspecified atom stereocenters. The maximum absolute atomic E-state index is 9.84. The van der Waals surface area contributed by atoms with Crippen LogP contribution >= 0.6 is 0 Å². The van der Waals surface area contributed by atoms with Gasteiger partial charge in [0.15, 0.2) is 0 Å². The normalized spacial score (nSPS) is 10.2. The molecule has 1 aromatic rings. The molecular formula is C12H18N2O. The van der Waals surface area contributed by atoms with Gasteiger partial charge in [-0.1, -0.05) is 31.9 Å². The Hall–Kier alpha value is -1.51. The first kappa shape index (κ1) is 11.6. The van der Waals surface area contributed by atoms with E-state index >= 15 is 0 Å². The number of aryl methyl sites for hydroxylation is 1. The van der Waals surface area contributed by atoms with E-state index < -0.39 is 0 Å². The highest BCUT2D eigenvalue weighted by Gasteiger charge is 2.08. The second kappa shape index (κ2) is 5.39. The molecular weight excluding hydrogens is 188 g/mol. The van der Waals surface area contributed by atoms with Gasteiger partial charge in [0, 0.05) is 0 Å². The fourth-order valence-corrected chi connectivity index (χ4v) is 1.58. The fraction of sp³-hybridized carbons (Fsp3) is 0.417. The van der Waals surface area contributed by atoms with E-state index in [1.54, 1.807) is 6.07 Å². The van der Waals surface area contributed by atoms with Crippen molar-refractivity contribution in [3.05, 3.63) is 29.3 Å². The molecule has 0 radical (unpaired) electrons. The number of hydrogen-bond acceptors (Lipinski definition) is 2. The number of nitrogen functional groups attached to an aromatic ring is 1. The molecule has 3 nitrogen and oxygen atoms in total. The average Bonchev–Trinajstić information content (AvgIpc) is 2.20. The van der Waals surface area contributed by atoms with E-state index in [0.717, 1.165) is 31.2 Å². The van der Waals surface area contributed by atoms with Gasteiger partial charge in [-0.15, -0.1) is 0 Å². The minimum absolute atomic E-state index is 0.0789. The third kappa shape index (κ3) is 2.98. The van der Waals surface area contributed by atoms with E-state index in [9.17, 15) is 5.11 Å². The Balaban J connectivity index is 2.80. The predicted molar refractivity (Wildman–Crippen MR) is 62.4 cm³/mol. The van der Waals surface area contributed by atoms with Crippen molar-refractivity contribution in [1.29, 1.82) is 5.41 Å². The molecule has 0 atom stereocenters. The summed E-state index contributed by atoms with van der Waals surface area (Å²) < 4.78 is 0. The average molecular weight is 206 g/mol. The monoisotopic (exact) mass is 206 g/mol. The van der Waals surface area contributed by atoms with Crippen LogP contribution in [0.4, 0.5) is 0 Å². The molecule has 0 amide bonds. The lowest BCUT2D eigenvalue weighted by molar-refractivity contribution is 0.465. The van der Waals surface area contributed by atoms with Crippen LogP contribution in [0.3, 0.4) is 0 Å². The lowest BCUT2D eigenvalue weighted by atomic mass is 10.0. The minimum Gasteiger partial charge on any atom is -0.507 e. The van der Waals surface area contributed by atoms with Gasteiger partial charge >= 0.3 is 0 Å². The van der Waals surface area contributed by atoms with Gasteiger partial charge in [-0.3, -0.25) is 5.41 Å². The number of nitrogens with one attached hydrogen (secondary N) is 1. The molecule has 0 bridgehead atoms. The summed E-state index contributed by atoms with van der Waals surface area (Å²) in [6.45, 7) is 2.14. The van der Waals surface area contributed by atoms with Crippen LogP contribution in [0.1, 0.15) is 37.3 Å². The van der Waals surface area contributed by atoms with Gasteiger partial charge in [-0.25, -0.2) is 0 Å². The van der Waals surface area contributed by atoms with Crippen LogP contribution in [0.15, 0.2) is 18.2 Å². The molecule has 0 heterocycles. The fourth-order valence-electron chi connectivity index (χ4n) is 1.58. The molecule has 3 heteroatoms. The summed E-state index contributed by atoms with van der Waals surface area (Å²) in [7, 11) is 0. The highest BCUT2D eigenvalue weighted by Crippen LogP contribution is 2.23. The SMILES string of the molecule is CCCCCc1cccc(C(=N)N)c1O. The summed E-state index contributed by atoms with van der Waals surface area (Å²) in [5.41, 5.74) is 6.68. The van der Waals surface area contributed by atoms with Gasteiger partial charge in [0.2, 0.25) is 0 Å². The van der Waals surface area contributed by atoms with Crippen molar-refractivity contribution in [3.63, 3.8) is 0 Å². The van der Waals surface area contributed by atoms with Gasteiger partial charge in [-0.2, -0.15) is 0 Å². The number of hydrogen-bond donors (Lipinski definition) is 3. The number of benzene rings is 1. The van der Waals surface area contributed by atoms with Crippen molar-refractivity contribution in [2.24, 2.45) is 5.73 Å². The highest BCUT2D eigenvalue weighted by atomic mass is 16.3. The minimum atomic E-state index is -0.0789. The highest BCUT2D eigenvalue weighted by molar-refractivity contribution is 5.97. The molecule has 0 aliphatic heterocycles. The summed E-state index contributed by atoms with van der Waals surface area (Å²) >= 11 is 0. The van der Waals surface area contributed by atoms with Crippen LogP contribution in [-0.2, 0) is 6.42 Å². The summed E-state index contributed by atoms with van der Waals surface area (Å²) in [6, 6.07) is 5.39. The molecule has 15 heavy (non-hydrogen) atoms. The topological polar surface area (TPSA) is 70.1 Å². The maximum Gasteiger partial charge on any atom is 0.129 e. The Morgan fingerprint density at radius 3 is 2.73 bits per heavy atom. The molecule has 0 aliphatic rings. The summed E-state index contributed by atoms with van der Waals surface area (Å²) in [6.07, 6.45) is 4.23. The van der Waals surface area contributed by atoms with Gasteiger partial charge in [-0.05, 0) is 24.5 Å². The molecule has 82 valence electrons. The van der Waals surface area contributed by atoms with Crippen molar-refractivity contribution in [3.8, 4) is 5.75 Å². The Kier molecular flexibility index (Phi) is 4.16. The van der Waals surface area contributed by atoms with Crippen molar-refractivity contribution in [2.75, 3.05) is 0 Å². The molecule has 4 N–H and O–H groups in total. The van der Waals surface area contributed by atoms with Crippen molar-refractivity contribution < 1.29 is 5.11 Å². The van der Waals surface area contributed by atoms with Crippen LogP contribution in [-0.4, -0.2) is 10.9 Å². The van der Waals surface area contributed by atoms with Crippen molar-refractivity contribution >= 4 is 5.84 Å². The Morgan fingerprint density at radius 1 is 1.40 bits per heavy atom. The Bertz CT molecular complexity index is 347. The lowest BCUT2D eigenvalue weighted by Crippen LogP contribution is -2.11. The smallest absolute Gasteiger partial charge is 0.129 e. The molecule has 0 saturated carbocycles. The molecule has 1 rings (SSSR count). The number of para-hydroxylation sites is 1. The quantitative estimate of drug-likeness (QED) is 0.393. The van der Waals surface area contributed by atoms with Gasteiger partial charge < -0.3 is 10.8 Å². The second-order valence-electron chi connectivity index (χ2n) is 3.68. The predicted octanol–water partition coefficient (Wildman–Crippen LogP) is 2.41. The first-order chi connectivity index (χ1) is 7.16. The third-order valence-corrected chi connectivity index (χ3v) is 2.46. The molecule has 0 saturated heterocycles. The molecule has 1 aromatic carbocycles. The second-order valence-corrected chi connectivity index (χ2v) is 3.68. The van der Waals surface area contributed by atoms with Crippen LogP contribution in [0.5, 0.6) is 5.75 Å². The zero-order valence-corrected chi connectivity index (χ0v) is 9.09. The Morgan fingerprint density at radius 2 is 2.13 bits per heavy atom. The van der Waals surface area contributed by atoms with Gasteiger partial charge in [0.05, 0.1) is 5.56 Å². The maximum atomic E-state index is 9.84. The Labute approximate surface area is 90.4 Å². The molecule has 0 aromatic heterocycles. The van der Waals surface area contributed by atoms with E-state index in [0.29, 0.717) is 5.56 Å². The third-order valence-electron chi connectivity index (χ3n) is 2.46. The van der Waals surface area contributed by atoms with Crippen molar-refractivity contribution in [1.82, 2.24) is 0 Å². The van der Waals surface area contributed by atoms with Crippen molar-refractivity contribution in [2.45, 2.75) is 32.6 Å². The summed E-state index contributed by atoms with van der Waals surface area (Å²) in [4.78, 5) is 0. The van der Waals surface area contributed by atoms with Crippen LogP contribution in [0, 0.1) is 5.41 Å². The first-order valence-corrected chi connectivity index (χ1v) is 5.32. The number of phenols is 1. The van der Waals surface area contributed by atoms with Gasteiger partial charge in [0.1, 0.15) is 11.6 Å². The largest absolute Gasteiger partial charge is 0.507 e. The van der Waals surface area contributed by atoms with E-state index in [1.807, 2.05) is 12.1 Å². The lowest BCUT2D eigenvalue weighted by Gasteiger charge is -2.08. The summed E-state index contributed by atoms with van der Waals surface area (Å²) in [5.74, 6) is 0.0888. The number of amidine groups is 1. The van der Waals surface area contributed by atoms with Gasteiger partial charge in [0.25, 0.3) is 0 Å². The number of rotatable bonds is 5. The molecule has 0 aliphatic carbocycles. The zero-order valence-electron chi connectivity index (χ0n) is 9.09. The van der Waals surface area contributed by atoms with E-state index in [2.05, 4.69) is 6.92 Å². The summed E-state index contributed by atoms with van der Waals surface area (Å²) in [5, 5.41) is 17.1. The standard InChI is InChI=1S/C12H18N2O/c1-2-3-4-6-9-7-5-8-10(11(9)15)12(13)14/h5,7-8,15H,2-4,6H2,1H3,(H3,13,14). The van der Waals surface area contributed by atoms with E-state index in [-0.39, 0.29) is 11.6 Å². The van der Waals surface area contributed by atoms with E-state index in [1.165, 1.54) is 0 Å². The number of aromatic hydroxyl groups is 1. The first-order valence-electron chi connectivity index (χ1n) is 5.32. The number of unbranched alkanes of at least 4 members (excludes halogenated alkanes) is 2. The molecule has 0 spiro atoms. The van der Waals surface area contributed by atoms with Crippen LogP contribution in [0.25, 0.3) is 0 Å². The number of phenolic OH excluding ortho intramolecular Hbond substituents is 1. The zero-order chi connectivity index (χ0) is 11.3. The van der Waals surface area contributed by atoms with Crippen LogP contribution in [0.2, 0.25) is 0 Å². The molecule has 0 fully saturated rings. The van der Waals surface area contributed by atoms with E-state index in [4.69, 9.17) is 11.1 Å².